The van der Waals surface area contributed by atoms with Crippen molar-refractivity contribution in [3.05, 3.63) is 76.7 Å². The van der Waals surface area contributed by atoms with Crippen molar-refractivity contribution in [3.63, 3.8) is 0 Å². The number of nitrogens with one attached hydrogen (secondary N) is 1. The lowest BCUT2D eigenvalue weighted by molar-refractivity contribution is -0.121. The summed E-state index contributed by atoms with van der Waals surface area (Å²) in [6.07, 6.45) is 2.90. The van der Waals surface area contributed by atoms with E-state index in [0.29, 0.717) is 23.4 Å². The van der Waals surface area contributed by atoms with Crippen LogP contribution in [0.2, 0.25) is 5.02 Å². The number of halogens is 2. The molecule has 1 atom stereocenters. The normalized spacial score (nSPS) is 20.9. The predicted octanol–water partition coefficient (Wildman–Crippen LogP) is 3.68. The molecule has 2 saturated heterocycles. The van der Waals surface area contributed by atoms with Gasteiger partial charge in [0, 0.05) is 57.1 Å². The smallest absolute Gasteiger partial charge is 0.318 e. The van der Waals surface area contributed by atoms with Gasteiger partial charge >= 0.3 is 6.03 Å². The van der Waals surface area contributed by atoms with Crippen molar-refractivity contribution in [2.24, 2.45) is 0 Å². The summed E-state index contributed by atoms with van der Waals surface area (Å²) in [6.45, 7) is 6.54. The molecule has 1 aromatic heterocycles. The fourth-order valence-electron chi connectivity index (χ4n) is 6.79. The average molecular weight is 701 g/mol. The first kappa shape index (κ1) is 33.9. The molecule has 256 valence electrons. The van der Waals surface area contributed by atoms with Gasteiger partial charge in [-0.05, 0) is 63.2 Å². The lowest BCUT2D eigenvalue weighted by Crippen LogP contribution is -2.59. The Morgan fingerprint density at radius 1 is 1.06 bits per heavy atom. The van der Waals surface area contributed by atoms with Gasteiger partial charge in [-0.3, -0.25) is 9.69 Å². The van der Waals surface area contributed by atoms with E-state index in [9.17, 15) is 13.2 Å². The second-order valence-electron chi connectivity index (χ2n) is 12.0. The van der Waals surface area contributed by atoms with Crippen molar-refractivity contribution < 1.29 is 31.9 Å². The molecule has 12 nitrogen and oxygen atoms in total. The minimum atomic E-state index is -4.72. The third-order valence-corrected chi connectivity index (χ3v) is 11.3. The van der Waals surface area contributed by atoms with Crippen LogP contribution in [0, 0.1) is 5.82 Å². The van der Waals surface area contributed by atoms with E-state index in [1.54, 1.807) is 17.9 Å². The van der Waals surface area contributed by atoms with Crippen LogP contribution in [0.1, 0.15) is 30.9 Å². The van der Waals surface area contributed by atoms with Crippen molar-refractivity contribution in [2.75, 3.05) is 64.3 Å². The molecule has 48 heavy (non-hydrogen) atoms. The fraction of sp³-hybridized carbons (Fsp3) is 0.424. The molecule has 0 radical (unpaired) electrons. The summed E-state index contributed by atoms with van der Waals surface area (Å²) in [5, 5.41) is 2.45. The number of sulfonamides is 1. The number of para-hydroxylation sites is 1. The van der Waals surface area contributed by atoms with Gasteiger partial charge in [0.1, 0.15) is 16.5 Å². The first-order valence-corrected chi connectivity index (χ1v) is 17.6. The summed E-state index contributed by atoms with van der Waals surface area (Å²) in [4.78, 5) is 39.6. The van der Waals surface area contributed by atoms with Crippen LogP contribution < -0.4 is 19.1 Å². The van der Waals surface area contributed by atoms with Crippen molar-refractivity contribution in [1.82, 2.24) is 25.0 Å². The van der Waals surface area contributed by atoms with E-state index in [-0.39, 0.29) is 39.9 Å². The number of likely N-dealkylation sites (N-methyl/N-ethyl adjacent to an activating group) is 1. The molecule has 1 unspecified atom stereocenters. The molecule has 0 aliphatic carbocycles. The molecule has 1 N–H and O–H groups in total. The molecule has 3 amide bonds. The number of rotatable bonds is 8. The Bertz CT molecular complexity index is 1820. The number of pyridine rings is 1. The Morgan fingerprint density at radius 3 is 2.46 bits per heavy atom. The highest BCUT2D eigenvalue weighted by molar-refractivity contribution is 7.93. The van der Waals surface area contributed by atoms with Crippen molar-refractivity contribution in [3.8, 4) is 11.6 Å². The second kappa shape index (κ2) is 13.5. The zero-order chi connectivity index (χ0) is 34.2. The molecule has 4 heterocycles. The number of hydrogen-bond donors (Lipinski definition) is 1. The summed E-state index contributed by atoms with van der Waals surface area (Å²) < 4.78 is 55.9. The number of amides is 3. The van der Waals surface area contributed by atoms with Gasteiger partial charge in [0.05, 0.1) is 30.0 Å². The largest absolute Gasteiger partial charge is 0.495 e. The van der Waals surface area contributed by atoms with Gasteiger partial charge in [-0.2, -0.15) is 4.31 Å². The molecule has 0 spiro atoms. The van der Waals surface area contributed by atoms with Crippen LogP contribution in [0.3, 0.4) is 0 Å². The third kappa shape index (κ3) is 5.84. The zero-order valence-electron chi connectivity index (χ0n) is 27.0. The van der Waals surface area contributed by atoms with Crippen molar-refractivity contribution in [2.45, 2.75) is 36.2 Å². The van der Waals surface area contributed by atoms with Crippen LogP contribution in [0.4, 0.5) is 14.9 Å². The lowest BCUT2D eigenvalue weighted by Gasteiger charge is -2.42. The molecule has 3 aliphatic rings. The Morgan fingerprint density at radius 2 is 1.77 bits per heavy atom. The highest BCUT2D eigenvalue weighted by Crippen LogP contribution is 2.50. The van der Waals surface area contributed by atoms with Crippen LogP contribution in [0.25, 0.3) is 0 Å². The molecule has 2 aromatic carbocycles. The molecule has 15 heteroatoms. The molecular weight excluding hydrogens is 663 g/mol. The monoisotopic (exact) mass is 700 g/mol. The Labute approximate surface area is 284 Å². The molecule has 0 bridgehead atoms. The highest BCUT2D eigenvalue weighted by atomic mass is 35.5. The molecule has 3 aliphatic heterocycles. The second-order valence-corrected chi connectivity index (χ2v) is 14.2. The number of hydrogen-bond acceptors (Lipinski definition) is 9. The number of piperidine rings is 1. The highest BCUT2D eigenvalue weighted by Gasteiger charge is 2.59. The van der Waals surface area contributed by atoms with Crippen LogP contribution in [0.15, 0.2) is 59.6 Å². The maximum atomic E-state index is 15.4. The van der Waals surface area contributed by atoms with Gasteiger partial charge in [-0.25, -0.2) is 22.6 Å². The lowest BCUT2D eigenvalue weighted by atomic mass is 9.84. The maximum Gasteiger partial charge on any atom is 0.318 e. The van der Waals surface area contributed by atoms with E-state index < -0.39 is 38.3 Å². The first-order chi connectivity index (χ1) is 23.0. The van der Waals surface area contributed by atoms with Crippen LogP contribution in [-0.4, -0.2) is 106 Å². The Kier molecular flexibility index (Phi) is 9.53. The third-order valence-electron chi connectivity index (χ3n) is 9.31. The van der Waals surface area contributed by atoms with E-state index in [2.05, 4.69) is 27.1 Å². The summed E-state index contributed by atoms with van der Waals surface area (Å²) in [5.41, 5.74) is -2.58. The number of fused-ring (bicyclic) bond motifs is 1. The van der Waals surface area contributed by atoms with E-state index in [1.807, 2.05) is 0 Å². The standard InChI is InChI=1S/C33H38ClFN6O6S/c1-4-47-30-23(8-7-13-36-30)33(37-32(43)40-14-11-22(12-15-40)39-18-16-38(2)17-19-39)24-20-26(35)25(34)21-27(24)41(31(33)42)48(44,45)29-10-6-5-9-28(29)46-3/h5-10,13,20-22H,4,11-12,14-19H2,1-3H3,(H,37,43). The number of carbonyl (C=O) groups excluding carboxylic acids is 2. The van der Waals surface area contributed by atoms with E-state index in [0.717, 1.165) is 51.2 Å². The summed E-state index contributed by atoms with van der Waals surface area (Å²) in [5.74, 6) is -2.03. The van der Waals surface area contributed by atoms with Gasteiger partial charge in [0.15, 0.2) is 5.54 Å². The summed E-state index contributed by atoms with van der Waals surface area (Å²) in [7, 11) is -1.31. The molecule has 3 aromatic rings. The van der Waals surface area contributed by atoms with E-state index >= 15 is 9.18 Å². The summed E-state index contributed by atoms with van der Waals surface area (Å²) >= 11 is 6.22. The quantitative estimate of drug-likeness (QED) is 0.375. The molecule has 0 saturated carbocycles. The number of likely N-dealkylation sites (tertiary alicyclic amines) is 1. The van der Waals surface area contributed by atoms with Gasteiger partial charge in [0.25, 0.3) is 15.9 Å². The summed E-state index contributed by atoms with van der Waals surface area (Å²) in [6, 6.07) is 10.6. The number of urea groups is 1. The van der Waals surface area contributed by atoms with E-state index in [1.165, 1.54) is 43.6 Å². The first-order valence-electron chi connectivity index (χ1n) is 15.8. The zero-order valence-corrected chi connectivity index (χ0v) is 28.6. The maximum absolute atomic E-state index is 15.4. The number of methoxy groups -OCH3 is 1. The van der Waals surface area contributed by atoms with Gasteiger partial charge < -0.3 is 24.6 Å². The minimum absolute atomic E-state index is 0.0128. The number of benzene rings is 2. The van der Waals surface area contributed by atoms with Crippen LogP contribution >= 0.6 is 11.6 Å². The predicted molar refractivity (Wildman–Crippen MR) is 177 cm³/mol. The minimum Gasteiger partial charge on any atom is -0.495 e. The van der Waals surface area contributed by atoms with Crippen molar-refractivity contribution in [1.29, 1.82) is 0 Å². The number of nitrogens with zero attached hydrogens (tertiary/aromatic N) is 5. The Hall–Kier alpha value is -3.98. The Balaban J connectivity index is 1.45. The topological polar surface area (TPSA) is 125 Å². The average Bonchev–Trinajstić information content (AvgIpc) is 3.32. The number of carbonyl (C=O) groups is 2. The van der Waals surface area contributed by atoms with Crippen LogP contribution in [-0.2, 0) is 20.4 Å². The number of piperazine rings is 1. The number of ether oxygens (including phenoxy) is 2. The van der Waals surface area contributed by atoms with E-state index in [4.69, 9.17) is 21.1 Å². The fourth-order valence-corrected chi connectivity index (χ4v) is 8.56. The SMILES string of the molecule is CCOc1ncccc1C1(NC(=O)N2CCC(N3CCN(C)CC3)CC2)C(=O)N(S(=O)(=O)c2ccccc2OC)c2cc(Cl)c(F)cc21. The number of aromatic nitrogens is 1. The van der Waals surface area contributed by atoms with Crippen molar-refractivity contribution >= 4 is 39.2 Å². The van der Waals surface area contributed by atoms with Gasteiger partial charge in [-0.15, -0.1) is 0 Å². The van der Waals surface area contributed by atoms with Gasteiger partial charge in [0.2, 0.25) is 5.88 Å². The van der Waals surface area contributed by atoms with Gasteiger partial charge in [-0.1, -0.05) is 23.7 Å². The van der Waals surface area contributed by atoms with Crippen LogP contribution in [0.5, 0.6) is 11.6 Å². The molecule has 6 rings (SSSR count). The number of anilines is 1. The molecular formula is C33H38ClFN6O6S. The molecule has 2 fully saturated rings.